The van der Waals surface area contributed by atoms with Gasteiger partial charge in [-0.1, -0.05) is 17.9 Å². The van der Waals surface area contributed by atoms with Crippen molar-refractivity contribution in [2.75, 3.05) is 6.61 Å². The van der Waals surface area contributed by atoms with Crippen LogP contribution in [0, 0.1) is 0 Å². The van der Waals surface area contributed by atoms with Gasteiger partial charge in [0, 0.05) is 0 Å². The Kier molecular flexibility index (Phi) is 4.71. The van der Waals surface area contributed by atoms with Crippen LogP contribution in [-0.2, 0) is 21.2 Å². The number of alkyl halides is 2. The Morgan fingerprint density at radius 3 is 2.50 bits per heavy atom. The van der Waals surface area contributed by atoms with Crippen molar-refractivity contribution < 1.29 is 36.4 Å². The number of carbonyl (C=O) groups is 1. The topological polar surface area (TPSA) is 101 Å². The second-order valence-electron chi connectivity index (χ2n) is 3.74. The molecule has 1 rings (SSSR count). The van der Waals surface area contributed by atoms with E-state index in [1.165, 1.54) is 6.07 Å². The smallest absolute Gasteiger partial charge is 0.402 e. The van der Waals surface area contributed by atoms with Crippen LogP contribution in [-0.4, -0.2) is 43.8 Å². The maximum atomic E-state index is 12.9. The molecule has 0 amide bonds. The first kappa shape index (κ1) is 16.4. The first-order chi connectivity index (χ1) is 9.08. The van der Waals surface area contributed by atoms with Gasteiger partial charge >= 0.3 is 21.3 Å². The summed E-state index contributed by atoms with van der Waals surface area (Å²) in [4.78, 5) is 11.5. The van der Waals surface area contributed by atoms with E-state index in [0.717, 1.165) is 12.1 Å². The second-order valence-corrected chi connectivity index (χ2v) is 5.29. The number of carbonyl (C=O) groups excluding carboxylic acids is 1. The van der Waals surface area contributed by atoms with E-state index >= 15 is 0 Å². The number of phenols is 1. The van der Waals surface area contributed by atoms with E-state index < -0.39 is 39.3 Å². The summed E-state index contributed by atoms with van der Waals surface area (Å²) in [6.07, 6.45) is 0.0295. The van der Waals surface area contributed by atoms with Gasteiger partial charge in [-0.05, 0) is 12.1 Å². The standard InChI is InChI=1S/C10H9BF2O6S/c11-4-6-1-2-8(14)7(3-6)9(15)19-5-10(12,13)20(16,17)18/h1-3,14H,4-5H2,(H,16,17,18). The fraction of sp³-hybridized carbons (Fsp3) is 0.300. The van der Waals surface area contributed by atoms with Gasteiger partial charge in [0.15, 0.2) is 6.61 Å². The molecule has 6 nitrogen and oxygen atoms in total. The number of halogens is 2. The van der Waals surface area contributed by atoms with Crippen molar-refractivity contribution in [3.05, 3.63) is 29.3 Å². The number of hydrogen-bond donors (Lipinski definition) is 2. The number of rotatable bonds is 5. The summed E-state index contributed by atoms with van der Waals surface area (Å²) in [7, 11) is -0.393. The lowest BCUT2D eigenvalue weighted by molar-refractivity contribution is -0.00967. The van der Waals surface area contributed by atoms with Crippen LogP contribution < -0.4 is 0 Å². The predicted octanol–water partition coefficient (Wildman–Crippen LogP) is 0.698. The largest absolute Gasteiger partial charge is 0.507 e. The highest BCUT2D eigenvalue weighted by molar-refractivity contribution is 7.86. The first-order valence-corrected chi connectivity index (χ1v) is 6.56. The molecule has 2 N–H and O–H groups in total. The maximum absolute atomic E-state index is 12.9. The zero-order valence-corrected chi connectivity index (χ0v) is 10.7. The molecule has 0 heterocycles. The van der Waals surface area contributed by atoms with Crippen LogP contribution in [0.1, 0.15) is 15.9 Å². The second kappa shape index (κ2) is 5.75. The van der Waals surface area contributed by atoms with Crippen LogP contribution in [0.25, 0.3) is 0 Å². The van der Waals surface area contributed by atoms with Crippen molar-refractivity contribution in [2.24, 2.45) is 0 Å². The summed E-state index contributed by atoms with van der Waals surface area (Å²) in [6.45, 7) is -1.88. The van der Waals surface area contributed by atoms with E-state index in [1.807, 2.05) is 0 Å². The lowest BCUT2D eigenvalue weighted by Crippen LogP contribution is -2.34. The van der Waals surface area contributed by atoms with Crippen LogP contribution in [0.5, 0.6) is 5.75 Å². The molecule has 0 fully saturated rings. The van der Waals surface area contributed by atoms with Crippen LogP contribution in [0.4, 0.5) is 8.78 Å². The van der Waals surface area contributed by atoms with E-state index in [9.17, 15) is 27.1 Å². The lowest BCUT2D eigenvalue weighted by atomic mass is 9.95. The van der Waals surface area contributed by atoms with Crippen LogP contribution in [0.15, 0.2) is 18.2 Å². The van der Waals surface area contributed by atoms with Crippen molar-refractivity contribution >= 4 is 23.9 Å². The van der Waals surface area contributed by atoms with Crippen molar-refractivity contribution in [3.63, 3.8) is 0 Å². The third-order valence-electron chi connectivity index (χ3n) is 2.27. The lowest BCUT2D eigenvalue weighted by Gasteiger charge is -2.13. The van der Waals surface area contributed by atoms with Crippen molar-refractivity contribution in [1.29, 1.82) is 0 Å². The fourth-order valence-corrected chi connectivity index (χ4v) is 1.38. The van der Waals surface area contributed by atoms with Crippen molar-refractivity contribution in [3.8, 4) is 5.75 Å². The highest BCUT2D eigenvalue weighted by Gasteiger charge is 2.45. The highest BCUT2D eigenvalue weighted by Crippen LogP contribution is 2.23. The van der Waals surface area contributed by atoms with Crippen LogP contribution in [0.3, 0.4) is 0 Å². The van der Waals surface area contributed by atoms with E-state index in [-0.39, 0.29) is 6.32 Å². The molecule has 0 aliphatic carbocycles. The molecule has 0 spiro atoms. The Morgan fingerprint density at radius 2 is 2.00 bits per heavy atom. The molecule has 0 bridgehead atoms. The molecular formula is C10H9BF2O6S. The average Bonchev–Trinajstić information content (AvgIpc) is 2.35. The monoisotopic (exact) mass is 306 g/mol. The minimum absolute atomic E-state index is 0.0295. The molecule has 0 aliphatic rings. The number of phenolic OH excluding ortho intramolecular Hbond substituents is 1. The molecule has 0 saturated heterocycles. The fourth-order valence-electron chi connectivity index (χ4n) is 1.18. The number of hydrogen-bond acceptors (Lipinski definition) is 5. The molecule has 10 heteroatoms. The Bertz CT molecular complexity index is 616. The van der Waals surface area contributed by atoms with Gasteiger partial charge in [0.1, 0.15) is 11.3 Å². The molecule has 20 heavy (non-hydrogen) atoms. The molecule has 0 atom stereocenters. The van der Waals surface area contributed by atoms with Gasteiger partial charge in [-0.3, -0.25) is 4.55 Å². The van der Waals surface area contributed by atoms with E-state index in [1.54, 1.807) is 0 Å². The molecular weight excluding hydrogens is 297 g/mol. The zero-order chi connectivity index (χ0) is 15.6. The van der Waals surface area contributed by atoms with Crippen LogP contribution in [0.2, 0.25) is 0 Å². The summed E-state index contributed by atoms with van der Waals surface area (Å²) in [5.41, 5.74) is -0.0182. The molecule has 108 valence electrons. The van der Waals surface area contributed by atoms with Gasteiger partial charge in [0.2, 0.25) is 0 Å². The normalized spacial score (nSPS) is 12.2. The minimum Gasteiger partial charge on any atom is -0.507 e. The molecule has 0 aliphatic heterocycles. The average molecular weight is 306 g/mol. The quantitative estimate of drug-likeness (QED) is 0.472. The van der Waals surface area contributed by atoms with Gasteiger partial charge < -0.3 is 9.84 Å². The van der Waals surface area contributed by atoms with Crippen LogP contribution >= 0.6 is 0 Å². The van der Waals surface area contributed by atoms with Gasteiger partial charge in [0.05, 0.1) is 7.85 Å². The molecule has 2 radical (unpaired) electrons. The Morgan fingerprint density at radius 1 is 1.40 bits per heavy atom. The van der Waals surface area contributed by atoms with Crippen molar-refractivity contribution in [2.45, 2.75) is 11.6 Å². The number of ether oxygens (including phenoxy) is 1. The summed E-state index contributed by atoms with van der Waals surface area (Å²) in [5, 5.41) is 4.76. The molecule has 0 unspecified atom stereocenters. The minimum atomic E-state index is -5.70. The van der Waals surface area contributed by atoms with E-state index in [0.29, 0.717) is 5.56 Å². The summed E-state index contributed by atoms with van der Waals surface area (Å²) < 4.78 is 58.6. The van der Waals surface area contributed by atoms with Gasteiger partial charge in [0.25, 0.3) is 0 Å². The molecule has 1 aromatic rings. The SMILES string of the molecule is [B]Cc1ccc(O)c(C(=O)OCC(F)(F)S(=O)(=O)O)c1. The summed E-state index contributed by atoms with van der Waals surface area (Å²) >= 11 is 0. The third-order valence-corrected chi connectivity index (χ3v) is 3.14. The van der Waals surface area contributed by atoms with E-state index in [4.69, 9.17) is 12.4 Å². The molecule has 0 aromatic heterocycles. The number of aromatic hydroxyl groups is 1. The van der Waals surface area contributed by atoms with Gasteiger partial charge in [-0.25, -0.2) is 4.79 Å². The van der Waals surface area contributed by atoms with Gasteiger partial charge in [-0.2, -0.15) is 17.2 Å². The summed E-state index contributed by atoms with van der Waals surface area (Å²) in [6, 6.07) is 3.63. The first-order valence-electron chi connectivity index (χ1n) is 5.12. The van der Waals surface area contributed by atoms with E-state index in [2.05, 4.69) is 4.74 Å². The van der Waals surface area contributed by atoms with Gasteiger partial charge in [-0.15, -0.1) is 0 Å². The Balaban J connectivity index is 2.88. The number of esters is 1. The van der Waals surface area contributed by atoms with Crippen molar-refractivity contribution in [1.82, 2.24) is 0 Å². The molecule has 0 saturated carbocycles. The maximum Gasteiger partial charge on any atom is 0.402 e. The predicted molar refractivity (Wildman–Crippen MR) is 64.3 cm³/mol. The summed E-state index contributed by atoms with van der Waals surface area (Å²) in [5.74, 6) is -1.91. The number of benzene rings is 1. The Hall–Kier alpha value is -1.68. The molecule has 1 aromatic carbocycles. The zero-order valence-electron chi connectivity index (χ0n) is 9.92. The highest BCUT2D eigenvalue weighted by atomic mass is 32.2. The Labute approximate surface area is 114 Å². The third kappa shape index (κ3) is 3.67.